The van der Waals surface area contributed by atoms with Gasteiger partial charge >= 0.3 is 12.1 Å². The average Bonchev–Trinajstić information content (AvgIpc) is 3.47. The Balaban J connectivity index is 0.000000318. The minimum atomic E-state index is -5.08. The molecule has 0 radical (unpaired) electrons. The van der Waals surface area contributed by atoms with Gasteiger partial charge in [0.15, 0.2) is 5.82 Å². The second kappa shape index (κ2) is 8.59. The Kier molecular flexibility index (Phi) is 6.48. The first-order valence-corrected chi connectivity index (χ1v) is 10.6. The summed E-state index contributed by atoms with van der Waals surface area (Å²) in [6.07, 6.45) is -1.31. The quantitative estimate of drug-likeness (QED) is 0.667. The Labute approximate surface area is 169 Å². The van der Waals surface area contributed by atoms with Gasteiger partial charge in [-0.1, -0.05) is 0 Å². The molecule has 1 aliphatic carbocycles. The van der Waals surface area contributed by atoms with Crippen LogP contribution in [-0.4, -0.2) is 84.1 Å². The van der Waals surface area contributed by atoms with Gasteiger partial charge in [-0.15, -0.1) is 0 Å². The molecule has 3 heterocycles. The minimum absolute atomic E-state index is 0.0388. The minimum Gasteiger partial charge on any atom is -0.475 e. The second-order valence-corrected chi connectivity index (χ2v) is 9.39. The maximum absolute atomic E-state index is 12.9. The van der Waals surface area contributed by atoms with Gasteiger partial charge in [0.2, 0.25) is 16.0 Å². The fourth-order valence-corrected chi connectivity index (χ4v) is 5.19. The van der Waals surface area contributed by atoms with Gasteiger partial charge in [0.25, 0.3) is 0 Å². The zero-order valence-corrected chi connectivity index (χ0v) is 16.4. The van der Waals surface area contributed by atoms with Gasteiger partial charge in [0.1, 0.15) is 0 Å². The molecule has 0 unspecified atom stereocenters. The first-order valence-electron chi connectivity index (χ1n) is 9.11. The number of aliphatic carboxylic acids is 1. The first kappa shape index (κ1) is 22.6. The highest BCUT2D eigenvalue weighted by molar-refractivity contribution is 7.90. The summed E-state index contributed by atoms with van der Waals surface area (Å²) in [6.45, 7) is 2.53. The molecule has 1 saturated carbocycles. The summed E-state index contributed by atoms with van der Waals surface area (Å²) in [5, 5.41) is 6.93. The molecule has 0 aromatic carbocycles. The van der Waals surface area contributed by atoms with Crippen LogP contribution < -0.4 is 4.90 Å². The summed E-state index contributed by atoms with van der Waals surface area (Å²) >= 11 is 0. The van der Waals surface area contributed by atoms with E-state index in [-0.39, 0.29) is 17.3 Å². The monoisotopic (exact) mass is 456 g/mol. The number of aromatic nitrogens is 2. The molecule has 0 amide bonds. The van der Waals surface area contributed by atoms with Crippen molar-refractivity contribution in [3.05, 3.63) is 18.2 Å². The van der Waals surface area contributed by atoms with Crippen LogP contribution in [0.25, 0.3) is 0 Å². The smallest absolute Gasteiger partial charge is 0.475 e. The van der Waals surface area contributed by atoms with Gasteiger partial charge < -0.3 is 14.7 Å². The molecule has 3 aliphatic rings. The van der Waals surface area contributed by atoms with E-state index in [9.17, 15) is 26.0 Å². The van der Waals surface area contributed by atoms with Crippen molar-refractivity contribution in [1.29, 1.82) is 0 Å². The number of alkyl halides is 3. The number of halogens is 4. The van der Waals surface area contributed by atoms with Gasteiger partial charge in [-0.2, -0.15) is 17.5 Å². The second-order valence-electron chi connectivity index (χ2n) is 7.18. The number of anilines is 1. The molecule has 1 aromatic rings. The van der Waals surface area contributed by atoms with E-state index in [2.05, 4.69) is 9.97 Å². The number of hydrogen-bond donors (Lipinski definition) is 1. The Hall–Kier alpha value is -2.06. The number of nitrogens with zero attached hydrogens (tertiary/aromatic N) is 4. The van der Waals surface area contributed by atoms with Crippen molar-refractivity contribution < 1.29 is 40.6 Å². The summed E-state index contributed by atoms with van der Waals surface area (Å²) in [5.74, 6) is -2.69. The number of sulfonamides is 1. The molecule has 9 nitrogen and oxygen atoms in total. The zero-order chi connectivity index (χ0) is 22.1. The van der Waals surface area contributed by atoms with E-state index in [1.165, 1.54) is 0 Å². The van der Waals surface area contributed by atoms with Crippen LogP contribution in [0.4, 0.5) is 23.5 Å². The zero-order valence-electron chi connectivity index (χ0n) is 15.6. The summed E-state index contributed by atoms with van der Waals surface area (Å²) in [4.78, 5) is 18.8. The lowest BCUT2D eigenvalue weighted by Crippen LogP contribution is -2.39. The van der Waals surface area contributed by atoms with Crippen molar-refractivity contribution in [2.24, 2.45) is 5.92 Å². The molecule has 2 atom stereocenters. The van der Waals surface area contributed by atoms with E-state index in [4.69, 9.17) is 14.6 Å². The highest BCUT2D eigenvalue weighted by atomic mass is 32.2. The van der Waals surface area contributed by atoms with Crippen LogP contribution in [0.2, 0.25) is 0 Å². The summed E-state index contributed by atoms with van der Waals surface area (Å²) in [6, 6.07) is 0. The van der Waals surface area contributed by atoms with Crippen molar-refractivity contribution in [3.8, 4) is 0 Å². The molecule has 14 heteroatoms. The fraction of sp³-hybridized carbons (Fsp3) is 0.688. The normalized spacial score (nSPS) is 25.1. The summed E-state index contributed by atoms with van der Waals surface area (Å²) < 4.78 is 77.1. The number of rotatable bonds is 3. The molecular weight excluding hydrogens is 436 g/mol. The Morgan fingerprint density at radius 1 is 1.17 bits per heavy atom. The highest BCUT2D eigenvalue weighted by Crippen LogP contribution is 2.34. The lowest BCUT2D eigenvalue weighted by molar-refractivity contribution is -0.192. The average molecular weight is 456 g/mol. The van der Waals surface area contributed by atoms with Gasteiger partial charge in [-0.25, -0.2) is 27.6 Å². The van der Waals surface area contributed by atoms with Crippen LogP contribution in [0, 0.1) is 11.7 Å². The molecule has 3 fully saturated rings. The van der Waals surface area contributed by atoms with E-state index in [0.29, 0.717) is 38.7 Å². The third kappa shape index (κ3) is 5.35. The molecular formula is C16H20F4N4O5S. The number of carbonyl (C=O) groups is 1. The lowest BCUT2D eigenvalue weighted by atomic mass is 10.1. The van der Waals surface area contributed by atoms with E-state index < -0.39 is 28.0 Å². The molecule has 0 spiro atoms. The Bertz CT molecular complexity index is 863. The van der Waals surface area contributed by atoms with E-state index >= 15 is 0 Å². The molecule has 1 aromatic heterocycles. The molecule has 168 valence electrons. The largest absolute Gasteiger partial charge is 0.490 e. The van der Waals surface area contributed by atoms with Crippen molar-refractivity contribution in [1.82, 2.24) is 14.3 Å². The number of hydrogen-bond acceptors (Lipinski definition) is 7. The van der Waals surface area contributed by atoms with Crippen molar-refractivity contribution in [2.45, 2.75) is 30.4 Å². The van der Waals surface area contributed by atoms with Gasteiger partial charge in [0, 0.05) is 32.1 Å². The lowest BCUT2D eigenvalue weighted by Gasteiger charge is -2.23. The van der Waals surface area contributed by atoms with Crippen LogP contribution in [0.3, 0.4) is 0 Å². The van der Waals surface area contributed by atoms with Gasteiger partial charge in [0.05, 0.1) is 30.4 Å². The van der Waals surface area contributed by atoms with E-state index in [1.54, 1.807) is 4.31 Å². The first-order chi connectivity index (χ1) is 14.0. The van der Waals surface area contributed by atoms with Crippen LogP contribution in [-0.2, 0) is 19.6 Å². The number of carboxylic acids is 1. The van der Waals surface area contributed by atoms with E-state index in [0.717, 1.165) is 25.2 Å². The number of ether oxygens (including phenoxy) is 1. The van der Waals surface area contributed by atoms with Crippen molar-refractivity contribution in [3.63, 3.8) is 0 Å². The van der Waals surface area contributed by atoms with Gasteiger partial charge in [-0.05, 0) is 12.8 Å². The van der Waals surface area contributed by atoms with Crippen molar-refractivity contribution >= 4 is 21.9 Å². The molecule has 2 aliphatic heterocycles. The standard InChI is InChI=1S/C14H19FN4O3S.C2HF3O2/c15-11-5-16-14(17-6-11)18-7-10-8-19(3-4-22-13(10)9-18)23(20,21)12-1-2-12;3-2(4,5)1(6)7/h5-6,10,12-13H,1-4,7-9H2;(H,6,7)/t10-,13-;/m1./s1. The molecule has 30 heavy (non-hydrogen) atoms. The predicted octanol–water partition coefficient (Wildman–Crippen LogP) is 0.878. The molecule has 0 bridgehead atoms. The predicted molar refractivity (Wildman–Crippen MR) is 94.6 cm³/mol. The maximum atomic E-state index is 12.9. The van der Waals surface area contributed by atoms with E-state index in [1.807, 2.05) is 4.90 Å². The number of carboxylic acid groups (broad SMARTS) is 1. The summed E-state index contributed by atoms with van der Waals surface area (Å²) in [7, 11) is -3.18. The summed E-state index contributed by atoms with van der Waals surface area (Å²) in [5.41, 5.74) is 0. The Morgan fingerprint density at radius 3 is 2.30 bits per heavy atom. The maximum Gasteiger partial charge on any atom is 0.490 e. The Morgan fingerprint density at radius 2 is 1.77 bits per heavy atom. The molecule has 4 rings (SSSR count). The third-order valence-electron chi connectivity index (χ3n) is 4.93. The van der Waals surface area contributed by atoms with Crippen LogP contribution in [0.15, 0.2) is 12.4 Å². The molecule has 2 saturated heterocycles. The van der Waals surface area contributed by atoms with Gasteiger partial charge in [-0.3, -0.25) is 0 Å². The third-order valence-corrected chi connectivity index (χ3v) is 7.29. The van der Waals surface area contributed by atoms with Crippen LogP contribution in [0.1, 0.15) is 12.8 Å². The SMILES string of the molecule is O=C(O)C(F)(F)F.O=S(=O)(C1CC1)N1CCO[C@@H]2CN(c3ncc(F)cn3)C[C@@H]2C1. The molecule has 1 N–H and O–H groups in total. The van der Waals surface area contributed by atoms with Crippen LogP contribution >= 0.6 is 0 Å². The number of fused-ring (bicyclic) bond motifs is 1. The topological polar surface area (TPSA) is 113 Å². The van der Waals surface area contributed by atoms with Crippen LogP contribution in [0.5, 0.6) is 0 Å². The fourth-order valence-electron chi connectivity index (χ4n) is 3.30. The van der Waals surface area contributed by atoms with Crippen molar-refractivity contribution in [2.75, 3.05) is 37.7 Å². The highest BCUT2D eigenvalue weighted by Gasteiger charge is 2.45.